The van der Waals surface area contributed by atoms with Gasteiger partial charge in [-0.1, -0.05) is 19.7 Å². The van der Waals surface area contributed by atoms with Gasteiger partial charge in [0.15, 0.2) is 0 Å². The Kier molecular flexibility index (Phi) is 17.6. The molecule has 0 bridgehead atoms. The Morgan fingerprint density at radius 3 is 1.62 bits per heavy atom. The number of primary amides is 2. The summed E-state index contributed by atoms with van der Waals surface area (Å²) >= 11 is 0. The molecule has 2 amide bonds. The third-order valence-electron chi connectivity index (χ3n) is 1.71. The highest BCUT2D eigenvalue weighted by Gasteiger charge is 2.13. The second kappa shape index (κ2) is 15.6. The molecule has 8 nitrogen and oxygen atoms in total. The van der Waals surface area contributed by atoms with Crippen LogP contribution in [0.15, 0.2) is 37.5 Å². The topological polar surface area (TPSA) is 164 Å². The van der Waals surface area contributed by atoms with Crippen molar-refractivity contribution in [3.63, 3.8) is 0 Å². The number of aliphatic hydroxyl groups is 2. The van der Waals surface area contributed by atoms with E-state index in [4.69, 9.17) is 15.3 Å². The quantitative estimate of drug-likeness (QED) is 0.381. The minimum absolute atomic E-state index is 0.0516. The highest BCUT2D eigenvalue weighted by molar-refractivity contribution is 5.86. The third-order valence-corrected chi connectivity index (χ3v) is 1.71. The predicted octanol–water partition coefficient (Wildman–Crippen LogP) is -0.924. The molecule has 0 saturated heterocycles. The highest BCUT2D eigenvalue weighted by Crippen LogP contribution is 2.05. The van der Waals surface area contributed by atoms with Gasteiger partial charge in [0.2, 0.25) is 11.8 Å². The summed E-state index contributed by atoms with van der Waals surface area (Å²) in [5.41, 5.74) is 8.85. The summed E-state index contributed by atoms with van der Waals surface area (Å²) in [6.07, 6.45) is 1.69. The van der Waals surface area contributed by atoms with Gasteiger partial charge in [-0.3, -0.25) is 9.59 Å². The van der Waals surface area contributed by atoms with E-state index in [9.17, 15) is 14.4 Å². The number of carboxylic acids is 1. The molecule has 0 radical (unpaired) electrons. The second-order valence-electron chi connectivity index (χ2n) is 3.43. The number of amides is 2. The van der Waals surface area contributed by atoms with Gasteiger partial charge in [-0.15, -0.1) is 0 Å². The van der Waals surface area contributed by atoms with Gasteiger partial charge in [0.1, 0.15) is 0 Å². The molecule has 1 atom stereocenters. The van der Waals surface area contributed by atoms with Crippen molar-refractivity contribution < 1.29 is 29.7 Å². The van der Waals surface area contributed by atoms with Gasteiger partial charge >= 0.3 is 5.97 Å². The fraction of sp³-hybridized carbons (Fsp3) is 0.308. The van der Waals surface area contributed by atoms with E-state index in [0.29, 0.717) is 6.42 Å². The zero-order valence-electron chi connectivity index (χ0n) is 11.7. The number of aliphatic hydroxyl groups excluding tert-OH is 2. The maximum atomic E-state index is 10.2. The monoisotopic (exact) mass is 302 g/mol. The molecule has 0 aliphatic carbocycles. The van der Waals surface area contributed by atoms with Crippen LogP contribution >= 0.6 is 0 Å². The van der Waals surface area contributed by atoms with Crippen LogP contribution in [0.1, 0.15) is 12.8 Å². The second-order valence-corrected chi connectivity index (χ2v) is 3.43. The van der Waals surface area contributed by atoms with Crippen LogP contribution in [0, 0.1) is 0 Å². The minimum Gasteiger partial charge on any atom is -0.478 e. The van der Waals surface area contributed by atoms with Crippen molar-refractivity contribution in [2.24, 2.45) is 11.5 Å². The molecule has 7 N–H and O–H groups in total. The number of nitrogens with two attached hydrogens (primary N) is 2. The van der Waals surface area contributed by atoms with Gasteiger partial charge < -0.3 is 26.8 Å². The van der Waals surface area contributed by atoms with Crippen molar-refractivity contribution in [3.8, 4) is 0 Å². The summed E-state index contributed by atoms with van der Waals surface area (Å²) in [5.74, 6) is -2.16. The molecule has 0 spiro atoms. The summed E-state index contributed by atoms with van der Waals surface area (Å²) in [6, 6.07) is 0. The molecule has 0 aromatic rings. The molecule has 0 aromatic carbocycles. The van der Waals surface area contributed by atoms with E-state index in [-0.39, 0.29) is 18.6 Å². The first-order chi connectivity index (χ1) is 9.63. The standard InChI is InChI=1S/C7H12O4.2C3H5NO/c1-5(7(10)11)6(9)3-2-4-8;2*1-2-3(4)5/h6,8-9H,1-4H2,(H,10,11);2*2H,1H2,(H2,4,5). The zero-order chi connectivity index (χ0) is 17.4. The molecule has 21 heavy (non-hydrogen) atoms. The number of hydrogen-bond donors (Lipinski definition) is 5. The van der Waals surface area contributed by atoms with Gasteiger partial charge in [0.25, 0.3) is 0 Å². The number of carboxylic acid groups (broad SMARTS) is 1. The van der Waals surface area contributed by atoms with Crippen LogP contribution in [0.2, 0.25) is 0 Å². The van der Waals surface area contributed by atoms with Crippen LogP contribution in [-0.2, 0) is 14.4 Å². The Bertz CT molecular complexity index is 361. The summed E-state index contributed by atoms with van der Waals surface area (Å²) in [5, 5.41) is 25.7. The largest absolute Gasteiger partial charge is 0.478 e. The van der Waals surface area contributed by atoms with E-state index in [2.05, 4.69) is 31.2 Å². The average Bonchev–Trinajstić information content (AvgIpc) is 2.44. The van der Waals surface area contributed by atoms with E-state index in [1.807, 2.05) is 0 Å². The van der Waals surface area contributed by atoms with Crippen LogP contribution in [0.5, 0.6) is 0 Å². The van der Waals surface area contributed by atoms with Crippen LogP contribution in [0.4, 0.5) is 0 Å². The van der Waals surface area contributed by atoms with Gasteiger partial charge in [0.05, 0.1) is 11.7 Å². The van der Waals surface area contributed by atoms with Crippen molar-refractivity contribution in [2.75, 3.05) is 6.61 Å². The molecule has 8 heteroatoms. The van der Waals surface area contributed by atoms with E-state index < -0.39 is 23.9 Å². The fourth-order valence-electron chi connectivity index (χ4n) is 0.601. The Hall–Kier alpha value is -2.45. The smallest absolute Gasteiger partial charge is 0.333 e. The van der Waals surface area contributed by atoms with Crippen molar-refractivity contribution in [1.29, 1.82) is 0 Å². The molecular weight excluding hydrogens is 280 g/mol. The van der Waals surface area contributed by atoms with Gasteiger partial charge in [-0.25, -0.2) is 4.79 Å². The molecule has 0 saturated carbocycles. The lowest BCUT2D eigenvalue weighted by atomic mass is 10.1. The number of carbonyl (C=O) groups excluding carboxylic acids is 2. The van der Waals surface area contributed by atoms with Crippen molar-refractivity contribution in [3.05, 3.63) is 37.5 Å². The van der Waals surface area contributed by atoms with Gasteiger partial charge in [0, 0.05) is 6.61 Å². The van der Waals surface area contributed by atoms with Crippen molar-refractivity contribution in [2.45, 2.75) is 18.9 Å². The average molecular weight is 302 g/mol. The molecule has 0 heterocycles. The first-order valence-electron chi connectivity index (χ1n) is 5.68. The Morgan fingerprint density at radius 1 is 1.10 bits per heavy atom. The number of hydrogen-bond acceptors (Lipinski definition) is 5. The normalized spacial score (nSPS) is 9.62. The summed E-state index contributed by atoms with van der Waals surface area (Å²) in [6.45, 7) is 9.30. The third kappa shape index (κ3) is 23.1. The Balaban J connectivity index is -0.000000270. The lowest BCUT2D eigenvalue weighted by Gasteiger charge is -2.07. The zero-order valence-corrected chi connectivity index (χ0v) is 11.7. The van der Waals surface area contributed by atoms with Crippen LogP contribution in [-0.4, -0.2) is 45.8 Å². The molecule has 0 aliphatic heterocycles. The van der Waals surface area contributed by atoms with Crippen LogP contribution < -0.4 is 11.5 Å². The molecular formula is C13H22N2O6. The minimum atomic E-state index is -1.20. The van der Waals surface area contributed by atoms with Crippen LogP contribution in [0.25, 0.3) is 0 Å². The van der Waals surface area contributed by atoms with E-state index in [1.54, 1.807) is 0 Å². The number of carbonyl (C=O) groups is 3. The van der Waals surface area contributed by atoms with Crippen molar-refractivity contribution >= 4 is 17.8 Å². The van der Waals surface area contributed by atoms with Gasteiger partial charge in [-0.05, 0) is 25.0 Å². The van der Waals surface area contributed by atoms with Gasteiger partial charge in [-0.2, -0.15) is 0 Å². The summed E-state index contributed by atoms with van der Waals surface area (Å²) in [7, 11) is 0. The lowest BCUT2D eigenvalue weighted by Crippen LogP contribution is -2.16. The molecule has 1 unspecified atom stereocenters. The number of aliphatic carboxylic acids is 1. The van der Waals surface area contributed by atoms with Crippen molar-refractivity contribution in [1.82, 2.24) is 0 Å². The maximum absolute atomic E-state index is 10.2. The predicted molar refractivity (Wildman–Crippen MR) is 77.9 cm³/mol. The van der Waals surface area contributed by atoms with E-state index in [0.717, 1.165) is 12.2 Å². The van der Waals surface area contributed by atoms with E-state index in [1.165, 1.54) is 0 Å². The maximum Gasteiger partial charge on any atom is 0.333 e. The number of rotatable bonds is 7. The molecule has 0 aliphatic rings. The summed E-state index contributed by atoms with van der Waals surface area (Å²) < 4.78 is 0. The molecule has 0 fully saturated rings. The molecule has 120 valence electrons. The lowest BCUT2D eigenvalue weighted by molar-refractivity contribution is -0.133. The fourth-order valence-corrected chi connectivity index (χ4v) is 0.601. The van der Waals surface area contributed by atoms with E-state index >= 15 is 0 Å². The Morgan fingerprint density at radius 2 is 1.43 bits per heavy atom. The first-order valence-corrected chi connectivity index (χ1v) is 5.68. The highest BCUT2D eigenvalue weighted by atomic mass is 16.4. The molecule has 0 rings (SSSR count). The SMILES string of the molecule is C=C(C(=O)O)C(O)CCCO.C=CC(N)=O.C=CC(N)=O. The first kappa shape index (κ1) is 23.6. The Labute approximate surface area is 123 Å². The summed E-state index contributed by atoms with van der Waals surface area (Å²) in [4.78, 5) is 29.1. The molecule has 0 aromatic heterocycles. The van der Waals surface area contributed by atoms with Crippen LogP contribution in [0.3, 0.4) is 0 Å².